The van der Waals surface area contributed by atoms with E-state index < -0.39 is 34.9 Å². The van der Waals surface area contributed by atoms with E-state index >= 15 is 0 Å². The zero-order valence-corrected chi connectivity index (χ0v) is 16.4. The molecule has 1 amide bonds. The minimum atomic E-state index is -1.01. The fourth-order valence-corrected chi connectivity index (χ4v) is 3.74. The number of nitro benzene ring substituents is 1. The molecule has 8 nitrogen and oxygen atoms in total. The van der Waals surface area contributed by atoms with Gasteiger partial charge >= 0.3 is 11.7 Å². The highest BCUT2D eigenvalue weighted by molar-refractivity contribution is 6.06. The molecule has 0 bridgehead atoms. The molecule has 0 saturated heterocycles. The zero-order valence-electron chi connectivity index (χ0n) is 16.4. The minimum Gasteiger partial charge on any atom is -0.452 e. The third kappa shape index (κ3) is 4.20. The van der Waals surface area contributed by atoms with Crippen molar-refractivity contribution in [3.63, 3.8) is 0 Å². The SMILES string of the molecule is O=C(COC(=O)c1c2c(nc3ccccc13)CCCC2)Nc1ccc(F)c([N+](=O)[O-])c1. The maximum atomic E-state index is 13.4. The first kappa shape index (κ1) is 20.4. The summed E-state index contributed by atoms with van der Waals surface area (Å²) in [4.78, 5) is 39.7. The molecule has 0 fully saturated rings. The van der Waals surface area contributed by atoms with E-state index in [0.29, 0.717) is 22.9 Å². The Kier molecular flexibility index (Phi) is 5.57. The van der Waals surface area contributed by atoms with Crippen molar-refractivity contribution in [2.45, 2.75) is 25.7 Å². The number of rotatable bonds is 5. The second-order valence-corrected chi connectivity index (χ2v) is 7.18. The lowest BCUT2D eigenvalue weighted by Gasteiger charge is -2.19. The van der Waals surface area contributed by atoms with E-state index in [9.17, 15) is 24.1 Å². The maximum absolute atomic E-state index is 13.4. The number of halogens is 1. The molecule has 2 aromatic carbocycles. The number of hydrogen-bond donors (Lipinski definition) is 1. The minimum absolute atomic E-state index is 0.0286. The number of hydrogen-bond acceptors (Lipinski definition) is 6. The average molecular weight is 423 g/mol. The van der Waals surface area contributed by atoms with Crippen LogP contribution in [0.25, 0.3) is 10.9 Å². The van der Waals surface area contributed by atoms with Crippen molar-refractivity contribution in [1.29, 1.82) is 0 Å². The molecule has 31 heavy (non-hydrogen) atoms. The van der Waals surface area contributed by atoms with Crippen molar-refractivity contribution in [1.82, 2.24) is 4.98 Å². The standard InChI is InChI=1S/C22H18FN3O5/c23-16-10-9-13(11-19(16)26(29)30)24-20(27)12-31-22(28)21-14-5-1-3-7-17(14)25-18-8-4-2-6-15(18)21/h1,3,5,7,9-11H,2,4,6,8,12H2,(H,24,27). The van der Waals surface area contributed by atoms with Crippen LogP contribution in [-0.4, -0.2) is 28.4 Å². The topological polar surface area (TPSA) is 111 Å². The van der Waals surface area contributed by atoms with E-state index in [0.717, 1.165) is 42.7 Å². The number of benzene rings is 2. The first-order valence-corrected chi connectivity index (χ1v) is 9.75. The molecular weight excluding hydrogens is 405 g/mol. The highest BCUT2D eigenvalue weighted by atomic mass is 19.1. The van der Waals surface area contributed by atoms with Crippen LogP contribution < -0.4 is 5.32 Å². The first-order chi connectivity index (χ1) is 14.9. The van der Waals surface area contributed by atoms with Gasteiger partial charge in [0.1, 0.15) is 0 Å². The molecule has 1 aromatic heterocycles. The number of pyridine rings is 1. The molecule has 0 spiro atoms. The fourth-order valence-electron chi connectivity index (χ4n) is 3.74. The predicted octanol–water partition coefficient (Wildman–Crippen LogP) is 3.96. The molecule has 158 valence electrons. The molecular formula is C22H18FN3O5. The Morgan fingerprint density at radius 3 is 2.74 bits per heavy atom. The summed E-state index contributed by atoms with van der Waals surface area (Å²) < 4.78 is 18.7. The third-order valence-corrected chi connectivity index (χ3v) is 5.13. The lowest BCUT2D eigenvalue weighted by Crippen LogP contribution is -2.22. The summed E-state index contributed by atoms with van der Waals surface area (Å²) >= 11 is 0. The monoisotopic (exact) mass is 423 g/mol. The third-order valence-electron chi connectivity index (χ3n) is 5.13. The number of carbonyl (C=O) groups is 2. The highest BCUT2D eigenvalue weighted by Crippen LogP contribution is 2.30. The van der Waals surface area contributed by atoms with Gasteiger partial charge in [0.15, 0.2) is 6.61 Å². The van der Waals surface area contributed by atoms with E-state index in [1.165, 1.54) is 6.07 Å². The van der Waals surface area contributed by atoms with Gasteiger partial charge in [0.25, 0.3) is 5.91 Å². The van der Waals surface area contributed by atoms with Crippen LogP contribution in [0.1, 0.15) is 34.5 Å². The van der Waals surface area contributed by atoms with E-state index in [2.05, 4.69) is 10.3 Å². The van der Waals surface area contributed by atoms with Gasteiger partial charge in [-0.05, 0) is 49.4 Å². The Labute approximate surface area is 176 Å². The summed E-state index contributed by atoms with van der Waals surface area (Å²) in [5, 5.41) is 13.9. The highest BCUT2D eigenvalue weighted by Gasteiger charge is 2.24. The smallest absolute Gasteiger partial charge is 0.339 e. The van der Waals surface area contributed by atoms with Crippen molar-refractivity contribution in [2.75, 3.05) is 11.9 Å². The molecule has 0 aliphatic heterocycles. The van der Waals surface area contributed by atoms with Crippen LogP contribution >= 0.6 is 0 Å². The number of aromatic nitrogens is 1. The van der Waals surface area contributed by atoms with Crippen LogP contribution in [0.4, 0.5) is 15.8 Å². The quantitative estimate of drug-likeness (QED) is 0.378. The molecule has 1 heterocycles. The van der Waals surface area contributed by atoms with E-state index in [1.807, 2.05) is 18.2 Å². The molecule has 4 rings (SSSR count). The van der Waals surface area contributed by atoms with Gasteiger partial charge in [0.05, 0.1) is 16.0 Å². The van der Waals surface area contributed by atoms with Gasteiger partial charge in [-0.2, -0.15) is 4.39 Å². The van der Waals surface area contributed by atoms with Crippen LogP contribution in [0.5, 0.6) is 0 Å². The van der Waals surface area contributed by atoms with E-state index in [-0.39, 0.29) is 5.69 Å². The van der Waals surface area contributed by atoms with Gasteiger partial charge in [-0.1, -0.05) is 18.2 Å². The molecule has 1 aliphatic rings. The Hall–Kier alpha value is -3.88. The number of anilines is 1. The molecule has 3 aromatic rings. The summed E-state index contributed by atoms with van der Waals surface area (Å²) in [7, 11) is 0. The van der Waals surface area contributed by atoms with Gasteiger partial charge in [-0.25, -0.2) is 4.79 Å². The van der Waals surface area contributed by atoms with Crippen LogP contribution in [0.3, 0.4) is 0 Å². The number of esters is 1. The second-order valence-electron chi connectivity index (χ2n) is 7.18. The zero-order chi connectivity index (χ0) is 22.0. The number of nitrogens with zero attached hydrogens (tertiary/aromatic N) is 2. The Balaban J connectivity index is 1.52. The number of nitro groups is 1. The number of carbonyl (C=O) groups excluding carboxylic acids is 2. The first-order valence-electron chi connectivity index (χ1n) is 9.75. The number of ether oxygens (including phenoxy) is 1. The summed E-state index contributed by atoms with van der Waals surface area (Å²) in [5.74, 6) is -2.33. The second kappa shape index (κ2) is 8.47. The van der Waals surface area contributed by atoms with Gasteiger partial charge in [-0.15, -0.1) is 0 Å². The van der Waals surface area contributed by atoms with Gasteiger partial charge in [0.2, 0.25) is 5.82 Å². The molecule has 9 heteroatoms. The van der Waals surface area contributed by atoms with Gasteiger partial charge in [0, 0.05) is 22.8 Å². The number of amides is 1. The normalized spacial score (nSPS) is 12.8. The van der Waals surface area contributed by atoms with Crippen molar-refractivity contribution in [3.8, 4) is 0 Å². The van der Waals surface area contributed by atoms with Crippen molar-refractivity contribution < 1.29 is 23.6 Å². The maximum Gasteiger partial charge on any atom is 0.339 e. The molecule has 0 unspecified atom stereocenters. The van der Waals surface area contributed by atoms with Crippen LogP contribution in [-0.2, 0) is 22.4 Å². The Morgan fingerprint density at radius 1 is 1.16 bits per heavy atom. The largest absolute Gasteiger partial charge is 0.452 e. The molecule has 1 aliphatic carbocycles. The summed E-state index contributed by atoms with van der Waals surface area (Å²) in [5.41, 5.74) is 2.11. The lowest BCUT2D eigenvalue weighted by molar-refractivity contribution is -0.387. The number of nitrogens with one attached hydrogen (secondary N) is 1. The van der Waals surface area contributed by atoms with E-state index in [1.54, 1.807) is 6.07 Å². The summed E-state index contributed by atoms with van der Waals surface area (Å²) in [6.45, 7) is -0.588. The molecule has 0 radical (unpaired) electrons. The van der Waals surface area contributed by atoms with Crippen molar-refractivity contribution >= 4 is 34.2 Å². The number of para-hydroxylation sites is 1. The number of fused-ring (bicyclic) bond motifs is 2. The lowest BCUT2D eigenvalue weighted by atomic mass is 9.90. The Morgan fingerprint density at radius 2 is 1.94 bits per heavy atom. The summed E-state index contributed by atoms with van der Waals surface area (Å²) in [6.07, 6.45) is 3.43. The van der Waals surface area contributed by atoms with Crippen molar-refractivity contribution in [3.05, 3.63) is 75.2 Å². The molecule has 0 atom stereocenters. The van der Waals surface area contributed by atoms with Crippen molar-refractivity contribution in [2.24, 2.45) is 0 Å². The number of aryl methyl sites for hydroxylation is 1. The van der Waals surface area contributed by atoms with Gasteiger partial charge in [-0.3, -0.25) is 19.9 Å². The fraction of sp³-hybridized carbons (Fsp3) is 0.227. The molecule has 1 N–H and O–H groups in total. The van der Waals surface area contributed by atoms with Gasteiger partial charge < -0.3 is 10.1 Å². The van der Waals surface area contributed by atoms with Crippen LogP contribution in [0.2, 0.25) is 0 Å². The van der Waals surface area contributed by atoms with Crippen LogP contribution in [0.15, 0.2) is 42.5 Å². The Bertz CT molecular complexity index is 1210. The predicted molar refractivity (Wildman–Crippen MR) is 110 cm³/mol. The average Bonchev–Trinajstić information content (AvgIpc) is 2.77. The van der Waals surface area contributed by atoms with Crippen LogP contribution in [0, 0.1) is 15.9 Å². The summed E-state index contributed by atoms with van der Waals surface area (Å²) in [6, 6.07) is 10.3. The van der Waals surface area contributed by atoms with E-state index in [4.69, 9.17) is 4.74 Å². The molecule has 0 saturated carbocycles.